The molecule has 2 aromatic heterocycles. The highest BCUT2D eigenvalue weighted by Crippen LogP contribution is 2.25. The highest BCUT2D eigenvalue weighted by atomic mass is 32.2. The number of thioether (sulfide) groups is 1. The molecule has 0 aliphatic carbocycles. The van der Waals surface area contributed by atoms with E-state index in [9.17, 15) is 9.59 Å². The number of aryl methyl sites for hydroxylation is 1. The van der Waals surface area contributed by atoms with Crippen LogP contribution >= 0.6 is 11.8 Å². The number of aromatic nitrogens is 4. The van der Waals surface area contributed by atoms with Crippen molar-refractivity contribution < 1.29 is 9.59 Å². The maximum Gasteiger partial charge on any atom is 0.272 e. The van der Waals surface area contributed by atoms with Crippen LogP contribution < -0.4 is 5.32 Å². The maximum atomic E-state index is 12.5. The molecule has 0 bridgehead atoms. The van der Waals surface area contributed by atoms with Gasteiger partial charge in [-0.15, -0.1) is 0 Å². The Kier molecular flexibility index (Phi) is 6.49. The lowest BCUT2D eigenvalue weighted by Crippen LogP contribution is -2.25. The molecule has 0 aliphatic heterocycles. The van der Waals surface area contributed by atoms with Gasteiger partial charge in [0, 0.05) is 42.7 Å². The summed E-state index contributed by atoms with van der Waals surface area (Å²) in [6.07, 6.45) is 6.04. The number of carbonyl (C=O) groups is 2. The zero-order valence-corrected chi connectivity index (χ0v) is 16.6. The SMILES string of the molecule is CCn1cc2c(ccc3c(C(=O)NCCCCCCSC(C)=O)n[nH]c32)n1. The Balaban J connectivity index is 1.53. The first kappa shape index (κ1) is 19.4. The second kappa shape index (κ2) is 9.03. The van der Waals surface area contributed by atoms with E-state index in [4.69, 9.17) is 0 Å². The Morgan fingerprint density at radius 3 is 2.78 bits per heavy atom. The summed E-state index contributed by atoms with van der Waals surface area (Å²) in [4.78, 5) is 23.3. The molecule has 0 fully saturated rings. The van der Waals surface area contributed by atoms with Crippen LogP contribution in [0.15, 0.2) is 18.3 Å². The third-order valence-corrected chi connectivity index (χ3v) is 5.37. The van der Waals surface area contributed by atoms with E-state index in [0.29, 0.717) is 12.2 Å². The van der Waals surface area contributed by atoms with Crippen LogP contribution in [0.4, 0.5) is 0 Å². The molecule has 0 spiro atoms. The van der Waals surface area contributed by atoms with Gasteiger partial charge in [0.25, 0.3) is 5.91 Å². The predicted octanol–water partition coefficient (Wildman–Crippen LogP) is 3.50. The van der Waals surface area contributed by atoms with E-state index in [-0.39, 0.29) is 11.0 Å². The first-order chi connectivity index (χ1) is 13.1. The van der Waals surface area contributed by atoms with Gasteiger partial charge in [-0.2, -0.15) is 10.2 Å². The Labute approximate surface area is 162 Å². The summed E-state index contributed by atoms with van der Waals surface area (Å²) in [6, 6.07) is 3.82. The highest BCUT2D eigenvalue weighted by Gasteiger charge is 2.16. The zero-order chi connectivity index (χ0) is 19.2. The highest BCUT2D eigenvalue weighted by molar-refractivity contribution is 8.13. The van der Waals surface area contributed by atoms with E-state index < -0.39 is 0 Å². The Bertz CT molecular complexity index is 946. The lowest BCUT2D eigenvalue weighted by atomic mass is 10.1. The van der Waals surface area contributed by atoms with Gasteiger partial charge in [0.1, 0.15) is 0 Å². The zero-order valence-electron chi connectivity index (χ0n) is 15.7. The number of fused-ring (bicyclic) bond motifs is 3. The molecule has 0 unspecified atom stereocenters. The van der Waals surface area contributed by atoms with Gasteiger partial charge < -0.3 is 5.32 Å². The molecule has 7 nitrogen and oxygen atoms in total. The molecule has 1 amide bonds. The van der Waals surface area contributed by atoms with Crippen molar-refractivity contribution >= 4 is 44.6 Å². The van der Waals surface area contributed by atoms with Gasteiger partial charge in [-0.25, -0.2) is 0 Å². The lowest BCUT2D eigenvalue weighted by Gasteiger charge is -2.04. The number of aromatic amines is 1. The predicted molar refractivity (Wildman–Crippen MR) is 109 cm³/mol. The van der Waals surface area contributed by atoms with Gasteiger partial charge >= 0.3 is 0 Å². The van der Waals surface area contributed by atoms with Crippen LogP contribution in [0.3, 0.4) is 0 Å². The Morgan fingerprint density at radius 1 is 1.19 bits per heavy atom. The minimum absolute atomic E-state index is 0.157. The molecule has 0 radical (unpaired) electrons. The molecular weight excluding hydrogens is 362 g/mol. The van der Waals surface area contributed by atoms with Crippen molar-refractivity contribution in [2.45, 2.75) is 46.1 Å². The van der Waals surface area contributed by atoms with E-state index in [0.717, 1.165) is 59.8 Å². The minimum atomic E-state index is -0.157. The molecule has 27 heavy (non-hydrogen) atoms. The van der Waals surface area contributed by atoms with Crippen molar-refractivity contribution in [1.82, 2.24) is 25.3 Å². The van der Waals surface area contributed by atoms with Crippen molar-refractivity contribution in [1.29, 1.82) is 0 Å². The standard InChI is InChI=1S/C19H25N5O2S/c1-3-24-12-15-16(23-24)9-8-14-17(15)21-22-18(14)19(26)20-10-6-4-5-7-11-27-13(2)25/h8-9,12H,3-7,10-11H2,1-2H3,(H,20,26)(H,21,22). The van der Waals surface area contributed by atoms with Gasteiger partial charge in [-0.3, -0.25) is 19.4 Å². The first-order valence-electron chi connectivity index (χ1n) is 9.36. The van der Waals surface area contributed by atoms with Crippen molar-refractivity contribution in [3.05, 3.63) is 24.0 Å². The fraction of sp³-hybridized carbons (Fsp3) is 0.474. The molecule has 0 atom stereocenters. The summed E-state index contributed by atoms with van der Waals surface area (Å²) in [6.45, 7) is 5.06. The molecule has 0 saturated heterocycles. The van der Waals surface area contributed by atoms with Gasteiger partial charge in [0.2, 0.25) is 0 Å². The van der Waals surface area contributed by atoms with Crippen LogP contribution in [0.25, 0.3) is 21.8 Å². The molecule has 0 saturated carbocycles. The monoisotopic (exact) mass is 387 g/mol. The molecular formula is C19H25N5O2S. The van der Waals surface area contributed by atoms with Crippen LogP contribution in [0.5, 0.6) is 0 Å². The number of benzene rings is 1. The van der Waals surface area contributed by atoms with Gasteiger partial charge in [0.15, 0.2) is 10.8 Å². The second-order valence-electron chi connectivity index (χ2n) is 6.49. The summed E-state index contributed by atoms with van der Waals surface area (Å²) >= 11 is 1.38. The number of hydrogen-bond donors (Lipinski definition) is 2. The topological polar surface area (TPSA) is 92.7 Å². The number of nitrogens with one attached hydrogen (secondary N) is 2. The first-order valence-corrected chi connectivity index (χ1v) is 10.3. The minimum Gasteiger partial charge on any atom is -0.351 e. The van der Waals surface area contributed by atoms with E-state index in [1.165, 1.54) is 11.8 Å². The molecule has 3 aromatic rings. The average Bonchev–Trinajstić information content (AvgIpc) is 3.26. The number of carbonyl (C=O) groups excluding carboxylic acids is 2. The molecule has 2 N–H and O–H groups in total. The molecule has 2 heterocycles. The smallest absolute Gasteiger partial charge is 0.272 e. The molecule has 0 aliphatic rings. The van der Waals surface area contributed by atoms with Gasteiger partial charge in [0.05, 0.1) is 11.0 Å². The maximum absolute atomic E-state index is 12.5. The average molecular weight is 388 g/mol. The van der Waals surface area contributed by atoms with E-state index >= 15 is 0 Å². The van der Waals surface area contributed by atoms with E-state index in [1.54, 1.807) is 6.92 Å². The number of amides is 1. The summed E-state index contributed by atoms with van der Waals surface area (Å²) < 4.78 is 1.87. The lowest BCUT2D eigenvalue weighted by molar-refractivity contribution is -0.109. The van der Waals surface area contributed by atoms with Crippen molar-refractivity contribution in [2.24, 2.45) is 0 Å². The number of unbranched alkanes of at least 4 members (excludes halogenated alkanes) is 3. The quantitative estimate of drug-likeness (QED) is 0.548. The molecule has 8 heteroatoms. The van der Waals surface area contributed by atoms with Crippen LogP contribution in [-0.2, 0) is 11.3 Å². The Hall–Kier alpha value is -2.35. The summed E-state index contributed by atoms with van der Waals surface area (Å²) in [5.41, 5.74) is 2.16. The van der Waals surface area contributed by atoms with Gasteiger partial charge in [-0.1, -0.05) is 24.6 Å². The third-order valence-electron chi connectivity index (χ3n) is 4.47. The normalized spacial score (nSPS) is 11.3. The van der Waals surface area contributed by atoms with Crippen LogP contribution in [0.2, 0.25) is 0 Å². The van der Waals surface area contributed by atoms with Crippen molar-refractivity contribution in [3.8, 4) is 0 Å². The summed E-state index contributed by atoms with van der Waals surface area (Å²) in [7, 11) is 0. The number of nitrogens with zero attached hydrogens (tertiary/aromatic N) is 3. The van der Waals surface area contributed by atoms with E-state index in [2.05, 4.69) is 20.6 Å². The van der Waals surface area contributed by atoms with Gasteiger partial charge in [-0.05, 0) is 31.9 Å². The summed E-state index contributed by atoms with van der Waals surface area (Å²) in [5, 5.41) is 16.6. The molecule has 144 valence electrons. The third kappa shape index (κ3) is 4.68. The molecule has 3 rings (SSSR count). The van der Waals surface area contributed by atoms with Crippen LogP contribution in [-0.4, -0.2) is 43.3 Å². The largest absolute Gasteiger partial charge is 0.351 e. The fourth-order valence-electron chi connectivity index (χ4n) is 3.05. The van der Waals surface area contributed by atoms with Crippen LogP contribution in [0, 0.1) is 0 Å². The van der Waals surface area contributed by atoms with Crippen molar-refractivity contribution in [2.75, 3.05) is 12.3 Å². The van der Waals surface area contributed by atoms with Crippen molar-refractivity contribution in [3.63, 3.8) is 0 Å². The molecule has 1 aromatic carbocycles. The number of H-pyrrole nitrogens is 1. The number of hydrogen-bond acceptors (Lipinski definition) is 5. The fourth-order valence-corrected chi connectivity index (χ4v) is 3.69. The van der Waals surface area contributed by atoms with Crippen LogP contribution in [0.1, 0.15) is 50.0 Å². The Morgan fingerprint density at radius 2 is 2.00 bits per heavy atom. The number of rotatable bonds is 9. The second-order valence-corrected chi connectivity index (χ2v) is 7.76. The van der Waals surface area contributed by atoms with E-state index in [1.807, 2.05) is 29.9 Å². The summed E-state index contributed by atoms with van der Waals surface area (Å²) in [5.74, 6) is 0.722.